The summed E-state index contributed by atoms with van der Waals surface area (Å²) in [6, 6.07) is 5.93. The molecule has 23 heavy (non-hydrogen) atoms. The van der Waals surface area contributed by atoms with Crippen molar-refractivity contribution in [3.05, 3.63) is 57.7 Å². The summed E-state index contributed by atoms with van der Waals surface area (Å²) >= 11 is 12.8. The molecule has 0 N–H and O–H groups in total. The largest absolute Gasteiger partial charge is 0.366 e. The van der Waals surface area contributed by atoms with Crippen LogP contribution in [0.25, 0.3) is 5.03 Å². The van der Waals surface area contributed by atoms with Crippen molar-refractivity contribution in [1.29, 1.82) is 0 Å². The lowest BCUT2D eigenvalue weighted by molar-refractivity contribution is -0.384. The second-order valence-corrected chi connectivity index (χ2v) is 6.58. The Hall–Kier alpha value is -1.69. The number of nitro groups is 1. The predicted octanol–water partition coefficient (Wildman–Crippen LogP) is 3.70. The molecule has 5 nitrogen and oxygen atoms in total. The summed E-state index contributed by atoms with van der Waals surface area (Å²) in [4.78, 5) is 22.1. The molecule has 2 aliphatic rings. The molecule has 0 bridgehead atoms. The van der Waals surface area contributed by atoms with Crippen molar-refractivity contribution < 1.29 is 14.5 Å². The molecule has 3 rings (SSSR count). The maximum atomic E-state index is 11.9. The Morgan fingerprint density at radius 3 is 2.65 bits per heavy atom. The van der Waals surface area contributed by atoms with Crippen LogP contribution >= 0.6 is 23.2 Å². The first kappa shape index (κ1) is 16.2. The van der Waals surface area contributed by atoms with Gasteiger partial charge in [-0.25, -0.2) is 0 Å². The van der Waals surface area contributed by atoms with Crippen LogP contribution in [0.2, 0.25) is 0 Å². The molecule has 1 aromatic carbocycles. The van der Waals surface area contributed by atoms with Gasteiger partial charge in [0.05, 0.1) is 17.1 Å². The lowest BCUT2D eigenvalue weighted by atomic mass is 9.77. The van der Waals surface area contributed by atoms with Gasteiger partial charge in [0, 0.05) is 23.1 Å². The molecule has 0 spiro atoms. The van der Waals surface area contributed by atoms with Crippen LogP contribution in [-0.4, -0.2) is 28.3 Å². The summed E-state index contributed by atoms with van der Waals surface area (Å²) in [6.07, 6.45) is 3.16. The normalized spacial score (nSPS) is 31.9. The van der Waals surface area contributed by atoms with Crippen LogP contribution in [0.15, 0.2) is 42.0 Å². The van der Waals surface area contributed by atoms with Crippen LogP contribution in [-0.2, 0) is 9.53 Å². The lowest BCUT2D eigenvalue weighted by Crippen LogP contribution is -2.42. The van der Waals surface area contributed by atoms with Crippen molar-refractivity contribution >= 4 is 39.7 Å². The zero-order valence-electron chi connectivity index (χ0n) is 12.2. The second kappa shape index (κ2) is 5.74. The molecule has 0 radical (unpaired) electrons. The standard InChI is InChI=1S/C16H13Cl2NO4/c1-16-7-6-12(20)15(18)13(16)11(8-23-16)14(17)9-2-4-10(5-3-9)19(21)22/h2-7,13,15H,8H2,1H3/b14-11-/t13-,15+,16+/m1/s1. The number of hydrogen-bond donors (Lipinski definition) is 0. The maximum absolute atomic E-state index is 11.9. The third-order valence-corrected chi connectivity index (χ3v) is 5.22. The summed E-state index contributed by atoms with van der Waals surface area (Å²) in [5.74, 6) is -0.533. The number of benzene rings is 1. The number of halogens is 2. The Labute approximate surface area is 142 Å². The number of hydrogen-bond acceptors (Lipinski definition) is 4. The van der Waals surface area contributed by atoms with Gasteiger partial charge in [0.15, 0.2) is 5.78 Å². The van der Waals surface area contributed by atoms with Gasteiger partial charge in [-0.3, -0.25) is 14.9 Å². The number of non-ortho nitro benzene ring substituents is 1. The first-order chi connectivity index (χ1) is 10.8. The Morgan fingerprint density at radius 2 is 2.04 bits per heavy atom. The van der Waals surface area contributed by atoms with Gasteiger partial charge in [0.25, 0.3) is 5.69 Å². The number of allylic oxidation sites excluding steroid dienone is 1. The van der Waals surface area contributed by atoms with E-state index in [0.29, 0.717) is 10.6 Å². The molecule has 1 aliphatic carbocycles. The average molecular weight is 354 g/mol. The highest BCUT2D eigenvalue weighted by Gasteiger charge is 2.50. The van der Waals surface area contributed by atoms with Crippen LogP contribution in [0.4, 0.5) is 5.69 Å². The predicted molar refractivity (Wildman–Crippen MR) is 87.5 cm³/mol. The molecular weight excluding hydrogens is 341 g/mol. The van der Waals surface area contributed by atoms with Crippen molar-refractivity contribution in [2.24, 2.45) is 5.92 Å². The molecule has 0 unspecified atom stereocenters. The van der Waals surface area contributed by atoms with E-state index in [1.807, 2.05) is 6.92 Å². The van der Waals surface area contributed by atoms with Gasteiger partial charge < -0.3 is 4.74 Å². The highest BCUT2D eigenvalue weighted by atomic mass is 35.5. The van der Waals surface area contributed by atoms with E-state index < -0.39 is 15.9 Å². The molecule has 1 aliphatic heterocycles. The van der Waals surface area contributed by atoms with E-state index in [2.05, 4.69) is 0 Å². The molecule has 3 atom stereocenters. The van der Waals surface area contributed by atoms with Crippen molar-refractivity contribution in [1.82, 2.24) is 0 Å². The van der Waals surface area contributed by atoms with Crippen LogP contribution in [0.1, 0.15) is 12.5 Å². The number of ketones is 1. The number of nitrogens with zero attached hydrogens (tertiary/aromatic N) is 1. The number of ether oxygens (including phenoxy) is 1. The monoisotopic (exact) mass is 353 g/mol. The van der Waals surface area contributed by atoms with E-state index in [1.165, 1.54) is 18.2 Å². The second-order valence-electron chi connectivity index (χ2n) is 5.73. The van der Waals surface area contributed by atoms with Crippen molar-refractivity contribution in [2.75, 3.05) is 6.61 Å². The Morgan fingerprint density at radius 1 is 1.39 bits per heavy atom. The van der Waals surface area contributed by atoms with Crippen LogP contribution in [0.5, 0.6) is 0 Å². The van der Waals surface area contributed by atoms with Crippen LogP contribution in [0.3, 0.4) is 0 Å². The SMILES string of the molecule is C[C@]12C=CC(=O)[C@H](Cl)[C@H]1/C(=C(\Cl)c1ccc([N+](=O)[O-])cc1)CO2. The molecular formula is C16H13Cl2NO4. The summed E-state index contributed by atoms with van der Waals surface area (Å²) < 4.78 is 5.81. The van der Waals surface area contributed by atoms with Gasteiger partial charge >= 0.3 is 0 Å². The lowest BCUT2D eigenvalue weighted by Gasteiger charge is -2.33. The smallest absolute Gasteiger partial charge is 0.269 e. The van der Waals surface area contributed by atoms with Gasteiger partial charge in [-0.1, -0.05) is 11.6 Å². The number of fused-ring (bicyclic) bond motifs is 1. The number of nitro benzene ring substituents is 1. The van der Waals surface area contributed by atoms with Gasteiger partial charge in [0.1, 0.15) is 5.38 Å². The third kappa shape index (κ3) is 2.69. The number of carbonyl (C=O) groups is 1. The molecule has 0 aromatic heterocycles. The molecule has 0 saturated carbocycles. The molecule has 7 heteroatoms. The van der Waals surface area contributed by atoms with Gasteiger partial charge in [-0.2, -0.15) is 0 Å². The minimum atomic E-state index is -0.741. The van der Waals surface area contributed by atoms with E-state index in [-0.39, 0.29) is 24.0 Å². The van der Waals surface area contributed by atoms with E-state index in [9.17, 15) is 14.9 Å². The van der Waals surface area contributed by atoms with Crippen LogP contribution < -0.4 is 0 Å². The molecule has 0 amide bonds. The maximum Gasteiger partial charge on any atom is 0.269 e. The highest BCUT2D eigenvalue weighted by molar-refractivity contribution is 6.49. The summed E-state index contributed by atoms with van der Waals surface area (Å²) in [6.45, 7) is 2.13. The minimum Gasteiger partial charge on any atom is -0.366 e. The molecule has 1 heterocycles. The van der Waals surface area contributed by atoms with E-state index >= 15 is 0 Å². The van der Waals surface area contributed by atoms with Crippen molar-refractivity contribution in [3.63, 3.8) is 0 Å². The molecule has 1 aromatic rings. The average Bonchev–Trinajstić information content (AvgIpc) is 2.89. The van der Waals surface area contributed by atoms with Gasteiger partial charge in [0.2, 0.25) is 0 Å². The number of alkyl halides is 1. The first-order valence-corrected chi connectivity index (χ1v) is 7.79. The third-order valence-electron chi connectivity index (χ3n) is 4.29. The zero-order chi connectivity index (χ0) is 16.8. The Kier molecular flexibility index (Phi) is 4.04. The molecule has 1 fully saturated rings. The van der Waals surface area contributed by atoms with E-state index in [0.717, 1.165) is 5.57 Å². The molecule has 120 valence electrons. The Balaban J connectivity index is 2.02. The summed E-state index contributed by atoms with van der Waals surface area (Å²) in [7, 11) is 0. The van der Waals surface area contributed by atoms with E-state index in [4.69, 9.17) is 27.9 Å². The summed E-state index contributed by atoms with van der Waals surface area (Å²) in [5, 5.41) is 10.4. The fraction of sp³-hybridized carbons (Fsp3) is 0.312. The molecule has 1 saturated heterocycles. The fourth-order valence-corrected chi connectivity index (χ4v) is 3.77. The Bertz CT molecular complexity index is 741. The van der Waals surface area contributed by atoms with E-state index in [1.54, 1.807) is 18.2 Å². The minimum absolute atomic E-state index is 0.0123. The number of rotatable bonds is 2. The van der Waals surface area contributed by atoms with Gasteiger partial charge in [-0.15, -0.1) is 11.6 Å². The van der Waals surface area contributed by atoms with Crippen molar-refractivity contribution in [2.45, 2.75) is 17.9 Å². The van der Waals surface area contributed by atoms with Gasteiger partial charge in [-0.05, 0) is 42.3 Å². The summed E-state index contributed by atoms with van der Waals surface area (Å²) in [5.41, 5.74) is 0.685. The fourth-order valence-electron chi connectivity index (χ4n) is 3.00. The van der Waals surface area contributed by atoms with Crippen LogP contribution in [0, 0.1) is 16.0 Å². The highest BCUT2D eigenvalue weighted by Crippen LogP contribution is 2.47. The topological polar surface area (TPSA) is 69.4 Å². The van der Waals surface area contributed by atoms with Crippen molar-refractivity contribution in [3.8, 4) is 0 Å². The first-order valence-electron chi connectivity index (χ1n) is 6.98. The zero-order valence-corrected chi connectivity index (χ0v) is 13.7. The number of carbonyl (C=O) groups excluding carboxylic acids is 1. The quantitative estimate of drug-likeness (QED) is 0.461.